The van der Waals surface area contributed by atoms with E-state index in [0.717, 1.165) is 34.5 Å². The van der Waals surface area contributed by atoms with Gasteiger partial charge in [-0.1, -0.05) is 18.7 Å². The molecule has 0 aliphatic heterocycles. The van der Waals surface area contributed by atoms with Crippen molar-refractivity contribution in [2.75, 3.05) is 0 Å². The van der Waals surface area contributed by atoms with Gasteiger partial charge >= 0.3 is 0 Å². The average Bonchev–Trinajstić information content (AvgIpc) is 2.71. The second-order valence-corrected chi connectivity index (χ2v) is 6.11. The van der Waals surface area contributed by atoms with Gasteiger partial charge in [-0.05, 0) is 36.2 Å². The first-order valence-corrected chi connectivity index (χ1v) is 8.27. The fourth-order valence-corrected chi connectivity index (χ4v) is 3.75. The third-order valence-electron chi connectivity index (χ3n) is 2.89. The molecule has 0 fully saturated rings. The van der Waals surface area contributed by atoms with Crippen LogP contribution in [0.15, 0.2) is 20.5 Å². The highest BCUT2D eigenvalue weighted by molar-refractivity contribution is 9.10. The van der Waals surface area contributed by atoms with Gasteiger partial charge in [-0.3, -0.25) is 9.48 Å². The lowest BCUT2D eigenvalue weighted by atomic mass is 10.3. The van der Waals surface area contributed by atoms with Gasteiger partial charge in [0.25, 0.3) is 5.56 Å². The summed E-state index contributed by atoms with van der Waals surface area (Å²) < 4.78 is 3.05. The van der Waals surface area contributed by atoms with Gasteiger partial charge in [0.05, 0.1) is 15.9 Å². The number of rotatable bonds is 5. The van der Waals surface area contributed by atoms with Crippen molar-refractivity contribution in [2.45, 2.75) is 44.6 Å². The maximum Gasteiger partial charge on any atom is 0.251 e. The predicted molar refractivity (Wildman–Crippen MR) is 84.1 cm³/mol. The Hall–Kier alpha value is -1.08. The Balaban J connectivity index is 2.22. The zero-order valence-corrected chi connectivity index (χ0v) is 14.1. The van der Waals surface area contributed by atoms with Gasteiger partial charge in [0.1, 0.15) is 0 Å². The molecule has 0 saturated heterocycles. The first-order chi connectivity index (χ1) is 9.55. The summed E-state index contributed by atoms with van der Waals surface area (Å²) in [5, 5.41) is 5.20. The van der Waals surface area contributed by atoms with Crippen LogP contribution in [0.3, 0.4) is 0 Å². The number of aromatic nitrogens is 4. The standard InChI is InChI=1S/C13H17BrN4OS/c1-4-9-12(14)10(18(5-2)17-9)7-20-13-15-8(3)6-11(19)16-13/h6H,4-5,7H2,1-3H3,(H,15,16,19). The molecule has 0 aliphatic carbocycles. The van der Waals surface area contributed by atoms with Gasteiger partial charge in [0.2, 0.25) is 0 Å². The van der Waals surface area contributed by atoms with Crippen LogP contribution in [-0.4, -0.2) is 19.7 Å². The largest absolute Gasteiger partial charge is 0.301 e. The molecule has 0 spiro atoms. The van der Waals surface area contributed by atoms with E-state index in [0.29, 0.717) is 10.9 Å². The van der Waals surface area contributed by atoms with Crippen molar-refractivity contribution in [3.05, 3.63) is 38.0 Å². The third-order valence-corrected chi connectivity index (χ3v) is 4.69. The Morgan fingerprint density at radius 3 is 2.80 bits per heavy atom. The molecule has 0 saturated carbocycles. The van der Waals surface area contributed by atoms with Crippen LogP contribution in [0.2, 0.25) is 0 Å². The maximum absolute atomic E-state index is 11.4. The second-order valence-electron chi connectivity index (χ2n) is 4.36. The van der Waals surface area contributed by atoms with Crippen LogP contribution < -0.4 is 5.56 Å². The van der Waals surface area contributed by atoms with Crippen LogP contribution in [0.1, 0.15) is 30.9 Å². The van der Waals surface area contributed by atoms with Crippen molar-refractivity contribution in [2.24, 2.45) is 0 Å². The molecule has 0 atom stereocenters. The number of nitrogens with one attached hydrogen (secondary N) is 1. The van der Waals surface area contributed by atoms with E-state index >= 15 is 0 Å². The Bertz CT molecular complexity index is 665. The zero-order chi connectivity index (χ0) is 14.7. The molecule has 20 heavy (non-hydrogen) atoms. The van der Waals surface area contributed by atoms with Crippen molar-refractivity contribution in [3.8, 4) is 0 Å². The smallest absolute Gasteiger partial charge is 0.251 e. The van der Waals surface area contributed by atoms with Gasteiger partial charge in [0, 0.05) is 24.1 Å². The van der Waals surface area contributed by atoms with Gasteiger partial charge in [-0.2, -0.15) is 5.10 Å². The van der Waals surface area contributed by atoms with E-state index in [1.165, 1.54) is 17.8 Å². The number of hydrogen-bond donors (Lipinski definition) is 1. The number of hydrogen-bond acceptors (Lipinski definition) is 4. The predicted octanol–water partition coefficient (Wildman–Crippen LogP) is 2.91. The van der Waals surface area contributed by atoms with Crippen LogP contribution in [0.4, 0.5) is 0 Å². The number of thioether (sulfide) groups is 1. The zero-order valence-electron chi connectivity index (χ0n) is 11.7. The van der Waals surface area contributed by atoms with Crippen LogP contribution in [0.5, 0.6) is 0 Å². The summed E-state index contributed by atoms with van der Waals surface area (Å²) in [4.78, 5) is 18.5. The molecule has 0 aromatic carbocycles. The average molecular weight is 357 g/mol. The highest BCUT2D eigenvalue weighted by atomic mass is 79.9. The van der Waals surface area contributed by atoms with Crippen molar-refractivity contribution >= 4 is 27.7 Å². The van der Waals surface area contributed by atoms with Gasteiger partial charge < -0.3 is 4.98 Å². The lowest BCUT2D eigenvalue weighted by Crippen LogP contribution is -2.08. The lowest BCUT2D eigenvalue weighted by Gasteiger charge is -2.05. The summed E-state index contributed by atoms with van der Waals surface area (Å²) in [5.74, 6) is 0.716. The molecular weight excluding hydrogens is 340 g/mol. The summed E-state index contributed by atoms with van der Waals surface area (Å²) in [6, 6.07) is 1.49. The molecule has 108 valence electrons. The van der Waals surface area contributed by atoms with Crippen molar-refractivity contribution in [1.82, 2.24) is 19.7 Å². The topological polar surface area (TPSA) is 63.6 Å². The molecule has 2 aromatic rings. The molecule has 0 amide bonds. The number of nitrogens with zero attached hydrogens (tertiary/aromatic N) is 3. The third kappa shape index (κ3) is 3.32. The Labute approximate surface area is 130 Å². The van der Waals surface area contributed by atoms with E-state index in [-0.39, 0.29) is 5.56 Å². The molecule has 0 bridgehead atoms. The molecule has 0 unspecified atom stereocenters. The minimum atomic E-state index is -0.114. The Morgan fingerprint density at radius 2 is 2.20 bits per heavy atom. The van der Waals surface area contributed by atoms with Crippen molar-refractivity contribution in [3.63, 3.8) is 0 Å². The molecular formula is C13H17BrN4OS. The van der Waals surface area contributed by atoms with E-state index in [2.05, 4.69) is 44.8 Å². The minimum absolute atomic E-state index is 0.114. The maximum atomic E-state index is 11.4. The molecule has 0 radical (unpaired) electrons. The Kier molecular flexibility index (Phi) is 5.04. The molecule has 2 aromatic heterocycles. The van der Waals surface area contributed by atoms with Gasteiger partial charge in [0.15, 0.2) is 5.16 Å². The van der Waals surface area contributed by atoms with E-state index < -0.39 is 0 Å². The fraction of sp³-hybridized carbons (Fsp3) is 0.462. The quantitative estimate of drug-likeness (QED) is 0.660. The van der Waals surface area contributed by atoms with Gasteiger partial charge in [-0.25, -0.2) is 4.98 Å². The molecule has 1 N–H and O–H groups in total. The molecule has 2 rings (SSSR count). The van der Waals surface area contributed by atoms with E-state index in [9.17, 15) is 4.79 Å². The number of H-pyrrole nitrogens is 1. The van der Waals surface area contributed by atoms with E-state index in [1.807, 2.05) is 11.6 Å². The number of aromatic amines is 1. The van der Waals surface area contributed by atoms with Gasteiger partial charge in [-0.15, -0.1) is 0 Å². The lowest BCUT2D eigenvalue weighted by molar-refractivity contribution is 0.627. The summed E-state index contributed by atoms with van der Waals surface area (Å²) >= 11 is 5.13. The first-order valence-electron chi connectivity index (χ1n) is 6.50. The van der Waals surface area contributed by atoms with Crippen LogP contribution in [0.25, 0.3) is 0 Å². The highest BCUT2D eigenvalue weighted by Crippen LogP contribution is 2.27. The monoisotopic (exact) mass is 356 g/mol. The summed E-state index contributed by atoms with van der Waals surface area (Å²) in [6.45, 7) is 6.80. The fourth-order valence-electron chi connectivity index (χ4n) is 1.91. The van der Waals surface area contributed by atoms with Crippen molar-refractivity contribution < 1.29 is 0 Å². The number of halogens is 1. The first kappa shape index (κ1) is 15.3. The molecule has 0 aliphatic rings. The van der Waals surface area contributed by atoms with Crippen LogP contribution in [-0.2, 0) is 18.7 Å². The molecule has 2 heterocycles. The molecule has 5 nitrogen and oxygen atoms in total. The number of aryl methyl sites for hydroxylation is 3. The molecule has 7 heteroatoms. The summed E-state index contributed by atoms with van der Waals surface area (Å²) in [5.41, 5.74) is 2.80. The SMILES string of the molecule is CCc1nn(CC)c(CSc2nc(C)cc(=O)[nH]2)c1Br. The van der Waals surface area contributed by atoms with Crippen LogP contribution in [0, 0.1) is 6.92 Å². The second kappa shape index (κ2) is 6.58. The summed E-state index contributed by atoms with van der Waals surface area (Å²) in [7, 11) is 0. The van der Waals surface area contributed by atoms with E-state index in [1.54, 1.807) is 0 Å². The van der Waals surface area contributed by atoms with Crippen LogP contribution >= 0.6 is 27.7 Å². The minimum Gasteiger partial charge on any atom is -0.301 e. The van der Waals surface area contributed by atoms with Crippen molar-refractivity contribution in [1.29, 1.82) is 0 Å². The highest BCUT2D eigenvalue weighted by Gasteiger charge is 2.14. The summed E-state index contributed by atoms with van der Waals surface area (Å²) in [6.07, 6.45) is 0.894. The normalized spacial score (nSPS) is 11.0. The Morgan fingerprint density at radius 1 is 1.45 bits per heavy atom. The van der Waals surface area contributed by atoms with E-state index in [4.69, 9.17) is 0 Å².